The minimum Gasteiger partial charge on any atom is -0.459 e. The molecule has 140 valence electrons. The van der Waals surface area contributed by atoms with E-state index in [0.717, 1.165) is 36.1 Å². The van der Waals surface area contributed by atoms with Gasteiger partial charge in [0.2, 0.25) is 0 Å². The zero-order valence-corrected chi connectivity index (χ0v) is 16.0. The van der Waals surface area contributed by atoms with E-state index in [1.165, 1.54) is 11.3 Å². The van der Waals surface area contributed by atoms with Crippen molar-refractivity contribution in [3.63, 3.8) is 0 Å². The maximum Gasteiger partial charge on any atom is 0.341 e. The van der Waals surface area contributed by atoms with Crippen LogP contribution in [0.25, 0.3) is 5.65 Å². The number of rotatable bonds is 4. The molecule has 0 atom stereocenters. The zero-order valence-electron chi connectivity index (χ0n) is 15.2. The van der Waals surface area contributed by atoms with Gasteiger partial charge in [0.1, 0.15) is 5.00 Å². The molecule has 3 aromatic heterocycles. The maximum absolute atomic E-state index is 12.7. The monoisotopic (exact) mass is 384 g/mol. The number of thiophene rings is 1. The Hall–Kier alpha value is -2.74. The number of hydrogen-bond acceptors (Lipinski definition) is 6. The predicted octanol–water partition coefficient (Wildman–Crippen LogP) is 3.49. The maximum atomic E-state index is 12.7. The average molecular weight is 384 g/mol. The summed E-state index contributed by atoms with van der Waals surface area (Å²) >= 11 is 1.46. The van der Waals surface area contributed by atoms with E-state index in [9.17, 15) is 9.59 Å². The molecule has 0 aromatic carbocycles. The number of amides is 1. The Kier molecular flexibility index (Phi) is 4.65. The van der Waals surface area contributed by atoms with Gasteiger partial charge in [-0.3, -0.25) is 4.79 Å². The third kappa shape index (κ3) is 3.44. The lowest BCUT2D eigenvalue weighted by atomic mass is 9.95. The second kappa shape index (κ2) is 7.11. The molecular weight excluding hydrogens is 364 g/mol. The number of anilines is 1. The molecular formula is C19H20N4O3S. The van der Waals surface area contributed by atoms with Crippen LogP contribution in [-0.4, -0.2) is 32.6 Å². The summed E-state index contributed by atoms with van der Waals surface area (Å²) in [5.41, 5.74) is 2.36. The Labute approximate surface area is 160 Å². The lowest BCUT2D eigenvalue weighted by molar-refractivity contribution is 0.0378. The number of ether oxygens (including phenoxy) is 1. The molecule has 0 saturated carbocycles. The minimum atomic E-state index is -0.378. The van der Waals surface area contributed by atoms with Gasteiger partial charge in [0.15, 0.2) is 11.3 Å². The van der Waals surface area contributed by atoms with E-state index in [1.54, 1.807) is 29.0 Å². The Morgan fingerprint density at radius 1 is 1.30 bits per heavy atom. The Morgan fingerprint density at radius 3 is 2.89 bits per heavy atom. The van der Waals surface area contributed by atoms with Gasteiger partial charge in [-0.05, 0) is 51.2 Å². The summed E-state index contributed by atoms with van der Waals surface area (Å²) in [5, 5.41) is 7.66. The van der Waals surface area contributed by atoms with Crippen molar-refractivity contribution >= 4 is 33.9 Å². The van der Waals surface area contributed by atoms with Crippen molar-refractivity contribution in [3.05, 3.63) is 46.2 Å². The highest BCUT2D eigenvalue weighted by Gasteiger charge is 2.28. The average Bonchev–Trinajstić information content (AvgIpc) is 3.22. The molecule has 0 spiro atoms. The van der Waals surface area contributed by atoms with E-state index in [0.29, 0.717) is 16.2 Å². The van der Waals surface area contributed by atoms with Crippen LogP contribution in [0.3, 0.4) is 0 Å². The van der Waals surface area contributed by atoms with E-state index < -0.39 is 0 Å². The van der Waals surface area contributed by atoms with Crippen molar-refractivity contribution in [3.8, 4) is 0 Å². The number of aromatic nitrogens is 3. The highest BCUT2D eigenvalue weighted by atomic mass is 32.1. The number of carbonyl (C=O) groups is 2. The lowest BCUT2D eigenvalue weighted by Crippen LogP contribution is -2.18. The van der Waals surface area contributed by atoms with Gasteiger partial charge in [-0.15, -0.1) is 11.3 Å². The van der Waals surface area contributed by atoms with Crippen LogP contribution >= 0.6 is 11.3 Å². The second-order valence-electron chi connectivity index (χ2n) is 6.78. The fraction of sp³-hybridized carbons (Fsp3) is 0.368. The quantitative estimate of drug-likeness (QED) is 0.696. The molecule has 0 radical (unpaired) electrons. The van der Waals surface area contributed by atoms with Gasteiger partial charge in [0.25, 0.3) is 5.91 Å². The molecule has 0 aliphatic heterocycles. The first-order valence-electron chi connectivity index (χ1n) is 9.00. The summed E-state index contributed by atoms with van der Waals surface area (Å²) in [6.07, 6.45) is 7.05. The van der Waals surface area contributed by atoms with Crippen LogP contribution in [0.2, 0.25) is 0 Å². The fourth-order valence-electron chi connectivity index (χ4n) is 3.25. The van der Waals surface area contributed by atoms with Crippen LogP contribution in [0.15, 0.2) is 24.5 Å². The van der Waals surface area contributed by atoms with Crippen LogP contribution in [0.5, 0.6) is 0 Å². The molecule has 1 aliphatic carbocycles. The smallest absolute Gasteiger partial charge is 0.341 e. The fourth-order valence-corrected chi connectivity index (χ4v) is 4.52. The standard InChI is InChI=1S/C19H20N4O3S/c1-11(2)26-19(25)16-12-6-3-4-7-14(12)27-18(16)21-17(24)13-10-15-20-8-5-9-23(15)22-13/h5,8-11H,3-4,6-7H2,1-2H3,(H,21,24). The van der Waals surface area contributed by atoms with E-state index in [1.807, 2.05) is 13.8 Å². The molecule has 3 heterocycles. The zero-order chi connectivity index (χ0) is 19.0. The first-order chi connectivity index (χ1) is 13.0. The summed E-state index contributed by atoms with van der Waals surface area (Å²) in [6, 6.07) is 3.37. The molecule has 0 bridgehead atoms. The molecule has 1 amide bonds. The largest absolute Gasteiger partial charge is 0.459 e. The van der Waals surface area contributed by atoms with Crippen molar-refractivity contribution in [2.75, 3.05) is 5.32 Å². The third-order valence-corrected chi connectivity index (χ3v) is 5.62. The molecule has 0 saturated heterocycles. The molecule has 3 aromatic rings. The van der Waals surface area contributed by atoms with Crippen LogP contribution < -0.4 is 5.32 Å². The molecule has 8 heteroatoms. The van der Waals surface area contributed by atoms with Crippen LogP contribution in [0.1, 0.15) is 58.0 Å². The molecule has 1 aliphatic rings. The summed E-state index contributed by atoms with van der Waals surface area (Å²) in [5.74, 6) is -0.742. The van der Waals surface area contributed by atoms with Crippen molar-refractivity contribution in [1.29, 1.82) is 0 Å². The number of aryl methyl sites for hydroxylation is 1. The third-order valence-electron chi connectivity index (χ3n) is 4.41. The van der Waals surface area contributed by atoms with E-state index in [4.69, 9.17) is 4.74 Å². The summed E-state index contributed by atoms with van der Waals surface area (Å²) < 4.78 is 6.97. The number of fused-ring (bicyclic) bond motifs is 2. The summed E-state index contributed by atoms with van der Waals surface area (Å²) in [4.78, 5) is 30.7. The first-order valence-corrected chi connectivity index (χ1v) is 9.82. The lowest BCUT2D eigenvalue weighted by Gasteiger charge is -2.14. The molecule has 7 nitrogen and oxygen atoms in total. The molecule has 27 heavy (non-hydrogen) atoms. The highest BCUT2D eigenvalue weighted by molar-refractivity contribution is 7.17. The van der Waals surface area contributed by atoms with Crippen molar-refractivity contribution in [1.82, 2.24) is 14.6 Å². The van der Waals surface area contributed by atoms with Gasteiger partial charge in [0, 0.05) is 23.3 Å². The molecule has 1 N–H and O–H groups in total. The highest BCUT2D eigenvalue weighted by Crippen LogP contribution is 2.39. The van der Waals surface area contributed by atoms with E-state index in [-0.39, 0.29) is 23.7 Å². The summed E-state index contributed by atoms with van der Waals surface area (Å²) in [6.45, 7) is 3.64. The first kappa shape index (κ1) is 17.7. The van der Waals surface area contributed by atoms with Crippen LogP contribution in [0, 0.1) is 0 Å². The van der Waals surface area contributed by atoms with Crippen molar-refractivity contribution in [2.45, 2.75) is 45.6 Å². The topological polar surface area (TPSA) is 85.6 Å². The SMILES string of the molecule is CC(C)OC(=O)c1c(NC(=O)c2cc3ncccn3n2)sc2c1CCCC2. The number of esters is 1. The van der Waals surface area contributed by atoms with Gasteiger partial charge in [0.05, 0.1) is 11.7 Å². The van der Waals surface area contributed by atoms with Crippen molar-refractivity contribution in [2.24, 2.45) is 0 Å². The number of nitrogens with one attached hydrogen (secondary N) is 1. The second-order valence-corrected chi connectivity index (χ2v) is 7.88. The molecule has 0 unspecified atom stereocenters. The number of nitrogens with zero attached hydrogens (tertiary/aromatic N) is 3. The summed E-state index contributed by atoms with van der Waals surface area (Å²) in [7, 11) is 0. The van der Waals surface area contributed by atoms with E-state index >= 15 is 0 Å². The van der Waals surface area contributed by atoms with Crippen molar-refractivity contribution < 1.29 is 14.3 Å². The normalized spacial score (nSPS) is 13.6. The van der Waals surface area contributed by atoms with Gasteiger partial charge in [-0.25, -0.2) is 14.3 Å². The Bertz CT molecular complexity index is 988. The van der Waals surface area contributed by atoms with Gasteiger partial charge >= 0.3 is 5.97 Å². The molecule has 4 rings (SSSR count). The Morgan fingerprint density at radius 2 is 2.11 bits per heavy atom. The number of carbonyl (C=O) groups excluding carboxylic acids is 2. The minimum absolute atomic E-state index is 0.218. The number of hydrogen-bond donors (Lipinski definition) is 1. The van der Waals surface area contributed by atoms with Gasteiger partial charge in [-0.2, -0.15) is 5.10 Å². The van der Waals surface area contributed by atoms with E-state index in [2.05, 4.69) is 15.4 Å². The van der Waals surface area contributed by atoms with Gasteiger partial charge < -0.3 is 10.1 Å². The van der Waals surface area contributed by atoms with Gasteiger partial charge in [-0.1, -0.05) is 0 Å². The predicted molar refractivity (Wildman–Crippen MR) is 102 cm³/mol. The Balaban J connectivity index is 1.67. The van der Waals surface area contributed by atoms with Crippen LogP contribution in [0.4, 0.5) is 5.00 Å². The molecule has 0 fully saturated rings. The van der Waals surface area contributed by atoms with Crippen LogP contribution in [-0.2, 0) is 17.6 Å².